The highest BCUT2D eigenvalue weighted by Crippen LogP contribution is 2.17. The van der Waals surface area contributed by atoms with Crippen molar-refractivity contribution in [3.63, 3.8) is 0 Å². The molecule has 0 atom stereocenters. The highest BCUT2D eigenvalue weighted by molar-refractivity contribution is 7.09. The zero-order chi connectivity index (χ0) is 21.4. The SMILES string of the molecule is Cc1ncsc1CNC(=NCC(=O)NC(C)(C)C)Nc1ccc(OC(C)C)cc1. The highest BCUT2D eigenvalue weighted by Gasteiger charge is 2.13. The number of rotatable bonds is 7. The van der Waals surface area contributed by atoms with Gasteiger partial charge in [-0.3, -0.25) is 4.79 Å². The van der Waals surface area contributed by atoms with E-state index in [9.17, 15) is 4.79 Å². The number of nitrogens with zero attached hydrogens (tertiary/aromatic N) is 2. The van der Waals surface area contributed by atoms with Crippen molar-refractivity contribution < 1.29 is 9.53 Å². The fourth-order valence-electron chi connectivity index (χ4n) is 2.43. The molecule has 0 saturated heterocycles. The van der Waals surface area contributed by atoms with Crippen LogP contribution in [0.4, 0.5) is 5.69 Å². The summed E-state index contributed by atoms with van der Waals surface area (Å²) in [5.41, 5.74) is 3.37. The molecule has 0 unspecified atom stereocenters. The molecule has 0 aliphatic heterocycles. The fraction of sp³-hybridized carbons (Fsp3) is 0.476. The van der Waals surface area contributed by atoms with Crippen molar-refractivity contribution in [2.45, 2.75) is 59.7 Å². The summed E-state index contributed by atoms with van der Waals surface area (Å²) in [6.45, 7) is 12.4. The Morgan fingerprint density at radius 1 is 1.24 bits per heavy atom. The first-order valence-electron chi connectivity index (χ1n) is 9.64. The number of hydrogen-bond donors (Lipinski definition) is 3. The van der Waals surface area contributed by atoms with Crippen LogP contribution in [0.5, 0.6) is 5.75 Å². The standard InChI is InChI=1S/C21H31N5O2S/c1-14(2)28-17-9-7-16(8-10-17)25-20(22-11-18-15(3)24-13-29-18)23-12-19(27)26-21(4,5)6/h7-10,13-14H,11-12H2,1-6H3,(H,26,27)(H2,22,23,25). The second kappa shape index (κ2) is 10.2. The summed E-state index contributed by atoms with van der Waals surface area (Å²) in [6, 6.07) is 7.64. The Morgan fingerprint density at radius 2 is 1.93 bits per heavy atom. The van der Waals surface area contributed by atoms with E-state index in [-0.39, 0.29) is 24.1 Å². The van der Waals surface area contributed by atoms with E-state index >= 15 is 0 Å². The van der Waals surface area contributed by atoms with E-state index in [1.807, 2.05) is 71.3 Å². The third kappa shape index (κ3) is 8.51. The molecule has 0 radical (unpaired) electrons. The molecule has 0 aliphatic carbocycles. The predicted molar refractivity (Wildman–Crippen MR) is 120 cm³/mol. The molecule has 158 valence electrons. The molecular formula is C21H31N5O2S. The lowest BCUT2D eigenvalue weighted by atomic mass is 10.1. The van der Waals surface area contributed by atoms with Crippen LogP contribution in [-0.4, -0.2) is 35.0 Å². The van der Waals surface area contributed by atoms with Crippen molar-refractivity contribution in [2.24, 2.45) is 4.99 Å². The van der Waals surface area contributed by atoms with E-state index < -0.39 is 0 Å². The van der Waals surface area contributed by atoms with Crippen molar-refractivity contribution in [2.75, 3.05) is 11.9 Å². The van der Waals surface area contributed by atoms with Gasteiger partial charge in [-0.2, -0.15) is 0 Å². The summed E-state index contributed by atoms with van der Waals surface area (Å²) in [4.78, 5) is 22.0. The number of aromatic nitrogens is 1. The lowest BCUT2D eigenvalue weighted by Gasteiger charge is -2.20. The number of nitrogens with one attached hydrogen (secondary N) is 3. The largest absolute Gasteiger partial charge is 0.491 e. The van der Waals surface area contributed by atoms with Gasteiger partial charge in [0.05, 0.1) is 23.9 Å². The lowest BCUT2D eigenvalue weighted by molar-refractivity contribution is -0.121. The third-order valence-corrected chi connectivity index (χ3v) is 4.58. The monoisotopic (exact) mass is 417 g/mol. The average Bonchev–Trinajstić information content (AvgIpc) is 3.02. The quantitative estimate of drug-likeness (QED) is 0.472. The van der Waals surface area contributed by atoms with Gasteiger partial charge in [0, 0.05) is 16.1 Å². The molecule has 1 aromatic heterocycles. The van der Waals surface area contributed by atoms with Gasteiger partial charge >= 0.3 is 0 Å². The van der Waals surface area contributed by atoms with Gasteiger partial charge in [0.15, 0.2) is 5.96 Å². The molecule has 0 saturated carbocycles. The molecule has 29 heavy (non-hydrogen) atoms. The number of carbonyl (C=O) groups excluding carboxylic acids is 1. The zero-order valence-electron chi connectivity index (χ0n) is 18.0. The molecule has 7 nitrogen and oxygen atoms in total. The lowest BCUT2D eigenvalue weighted by Crippen LogP contribution is -2.42. The van der Waals surface area contributed by atoms with Crippen LogP contribution >= 0.6 is 11.3 Å². The van der Waals surface area contributed by atoms with Gasteiger partial charge in [-0.15, -0.1) is 11.3 Å². The van der Waals surface area contributed by atoms with Gasteiger partial charge in [0.1, 0.15) is 12.3 Å². The van der Waals surface area contributed by atoms with Crippen molar-refractivity contribution in [3.05, 3.63) is 40.3 Å². The number of ether oxygens (including phenoxy) is 1. The van der Waals surface area contributed by atoms with E-state index in [1.165, 1.54) is 0 Å². The molecule has 3 N–H and O–H groups in total. The van der Waals surface area contributed by atoms with Crippen molar-refractivity contribution in [1.29, 1.82) is 0 Å². The Labute approximate surface area is 177 Å². The van der Waals surface area contributed by atoms with Crippen molar-refractivity contribution >= 4 is 28.9 Å². The number of hydrogen-bond acceptors (Lipinski definition) is 5. The topological polar surface area (TPSA) is 87.6 Å². The van der Waals surface area contributed by atoms with E-state index in [4.69, 9.17) is 4.74 Å². The fourth-order valence-corrected chi connectivity index (χ4v) is 3.15. The minimum Gasteiger partial charge on any atom is -0.491 e. The number of amides is 1. The molecule has 0 bridgehead atoms. The summed E-state index contributed by atoms with van der Waals surface area (Å²) in [7, 11) is 0. The van der Waals surface area contributed by atoms with Gasteiger partial charge < -0.3 is 20.7 Å². The number of carbonyl (C=O) groups is 1. The van der Waals surface area contributed by atoms with Gasteiger partial charge in [0.2, 0.25) is 5.91 Å². The second-order valence-electron chi connectivity index (χ2n) is 7.99. The summed E-state index contributed by atoms with van der Waals surface area (Å²) in [5, 5.41) is 9.44. The minimum absolute atomic E-state index is 0.0306. The smallest absolute Gasteiger partial charge is 0.242 e. The van der Waals surface area contributed by atoms with Crippen LogP contribution in [0, 0.1) is 6.92 Å². The number of thiazole rings is 1. The maximum Gasteiger partial charge on any atom is 0.242 e. The Bertz CT molecular complexity index is 822. The molecule has 0 fully saturated rings. The first-order chi connectivity index (χ1) is 13.6. The van der Waals surface area contributed by atoms with E-state index in [0.29, 0.717) is 12.5 Å². The van der Waals surface area contributed by atoms with Crippen molar-refractivity contribution in [1.82, 2.24) is 15.6 Å². The molecule has 2 rings (SSSR count). The Hall–Kier alpha value is -2.61. The van der Waals surface area contributed by atoms with E-state index in [1.54, 1.807) is 11.3 Å². The average molecular weight is 418 g/mol. The highest BCUT2D eigenvalue weighted by atomic mass is 32.1. The van der Waals surface area contributed by atoms with E-state index in [0.717, 1.165) is 22.0 Å². The molecule has 1 aromatic carbocycles. The Morgan fingerprint density at radius 3 is 2.48 bits per heavy atom. The molecule has 8 heteroatoms. The normalized spacial score (nSPS) is 12.0. The Kier molecular flexibility index (Phi) is 8.01. The third-order valence-electron chi connectivity index (χ3n) is 3.65. The minimum atomic E-state index is -0.292. The van der Waals surface area contributed by atoms with Crippen molar-refractivity contribution in [3.8, 4) is 5.75 Å². The number of aliphatic imine (C=N–C) groups is 1. The van der Waals surface area contributed by atoms with Crippen LogP contribution in [0.15, 0.2) is 34.8 Å². The van der Waals surface area contributed by atoms with Crippen LogP contribution in [-0.2, 0) is 11.3 Å². The summed E-state index contributed by atoms with van der Waals surface area (Å²) in [6.07, 6.45) is 0.122. The number of aryl methyl sites for hydroxylation is 1. The molecule has 1 heterocycles. The number of anilines is 1. The summed E-state index contributed by atoms with van der Waals surface area (Å²) >= 11 is 1.59. The van der Waals surface area contributed by atoms with Crippen LogP contribution in [0.2, 0.25) is 0 Å². The summed E-state index contributed by atoms with van der Waals surface area (Å²) < 4.78 is 5.68. The second-order valence-corrected chi connectivity index (χ2v) is 8.93. The van der Waals surface area contributed by atoms with Crippen LogP contribution in [0.25, 0.3) is 0 Å². The van der Waals surface area contributed by atoms with Crippen LogP contribution in [0.3, 0.4) is 0 Å². The van der Waals surface area contributed by atoms with Gasteiger partial charge in [-0.1, -0.05) is 0 Å². The summed E-state index contributed by atoms with van der Waals surface area (Å²) in [5.74, 6) is 1.20. The first-order valence-corrected chi connectivity index (χ1v) is 10.5. The van der Waals surface area contributed by atoms with Gasteiger partial charge in [-0.05, 0) is 65.8 Å². The van der Waals surface area contributed by atoms with Crippen LogP contribution < -0.4 is 20.7 Å². The number of guanidine groups is 1. The van der Waals surface area contributed by atoms with Gasteiger partial charge in [0.25, 0.3) is 0 Å². The Balaban J connectivity index is 2.07. The van der Waals surface area contributed by atoms with Crippen LogP contribution in [0.1, 0.15) is 45.2 Å². The molecular weight excluding hydrogens is 386 g/mol. The first kappa shape index (κ1) is 22.7. The maximum atomic E-state index is 12.2. The predicted octanol–water partition coefficient (Wildman–Crippen LogP) is 3.71. The van der Waals surface area contributed by atoms with E-state index in [2.05, 4.69) is 25.9 Å². The molecule has 0 spiro atoms. The molecule has 0 aliphatic rings. The molecule has 1 amide bonds. The molecule has 2 aromatic rings. The number of benzene rings is 1. The van der Waals surface area contributed by atoms with Gasteiger partial charge in [-0.25, -0.2) is 9.98 Å². The maximum absolute atomic E-state index is 12.2. The zero-order valence-corrected chi connectivity index (χ0v) is 18.8.